The third-order valence-electron chi connectivity index (χ3n) is 5.74. The summed E-state index contributed by atoms with van der Waals surface area (Å²) in [7, 11) is -3.77. The number of ether oxygens (including phenoxy) is 2. The fraction of sp³-hybridized carbons (Fsp3) is 0.435. The number of hydrogen-bond donors (Lipinski definition) is 2. The molecule has 2 aliphatic heterocycles. The van der Waals surface area contributed by atoms with Crippen LogP contribution in [-0.2, 0) is 14.8 Å². The zero-order chi connectivity index (χ0) is 23.3. The number of carbonyl (C=O) groups is 1. The van der Waals surface area contributed by atoms with Crippen molar-refractivity contribution in [3.8, 4) is 11.5 Å². The van der Waals surface area contributed by atoms with Crippen LogP contribution < -0.4 is 24.4 Å². The fourth-order valence-electron chi connectivity index (χ4n) is 3.93. The lowest BCUT2D eigenvalue weighted by molar-refractivity contribution is -0.121. The normalized spacial score (nSPS) is 18.1. The van der Waals surface area contributed by atoms with Crippen molar-refractivity contribution in [2.24, 2.45) is 5.92 Å². The van der Waals surface area contributed by atoms with Crippen molar-refractivity contribution in [3.63, 3.8) is 0 Å². The van der Waals surface area contributed by atoms with Gasteiger partial charge in [-0.1, -0.05) is 0 Å². The summed E-state index contributed by atoms with van der Waals surface area (Å²) in [5.41, 5.74) is 0.967. The van der Waals surface area contributed by atoms with E-state index in [1.165, 1.54) is 24.3 Å². The average molecular weight is 478 g/mol. The van der Waals surface area contributed by atoms with Crippen LogP contribution in [0.5, 0.6) is 11.5 Å². The average Bonchev–Trinajstić information content (AvgIpc) is 3.15. The lowest BCUT2D eigenvalue weighted by atomic mass is 10.1. The number of carbonyl (C=O) groups excluding carboxylic acids is 1. The molecule has 33 heavy (non-hydrogen) atoms. The second-order valence-electron chi connectivity index (χ2n) is 8.19. The maximum absolute atomic E-state index is 13.1. The summed E-state index contributed by atoms with van der Waals surface area (Å²) in [6.45, 7) is 3.13. The van der Waals surface area contributed by atoms with Gasteiger partial charge in [0.2, 0.25) is 15.9 Å². The van der Waals surface area contributed by atoms with E-state index < -0.39 is 10.0 Å². The molecule has 0 aliphatic carbocycles. The molecule has 2 heterocycles. The third kappa shape index (κ3) is 6.14. The van der Waals surface area contributed by atoms with Crippen LogP contribution in [-0.4, -0.2) is 53.7 Å². The number of benzene rings is 2. The summed E-state index contributed by atoms with van der Waals surface area (Å²) in [4.78, 5) is 14.4. The SMILES string of the molecule is O=C(CCNS(=O)(=O)c1ccc2c(c1)OCCCO2)NCC1CCN(c2ccc(F)cc2)C1. The number of rotatable bonds is 8. The second kappa shape index (κ2) is 10.4. The molecule has 2 N–H and O–H groups in total. The van der Waals surface area contributed by atoms with Gasteiger partial charge in [-0.2, -0.15) is 0 Å². The van der Waals surface area contributed by atoms with Crippen LogP contribution in [0, 0.1) is 11.7 Å². The van der Waals surface area contributed by atoms with E-state index in [2.05, 4.69) is 14.9 Å². The zero-order valence-electron chi connectivity index (χ0n) is 18.3. The van der Waals surface area contributed by atoms with Gasteiger partial charge in [0.15, 0.2) is 11.5 Å². The molecular formula is C23H28FN3O5S. The van der Waals surface area contributed by atoms with E-state index in [9.17, 15) is 17.6 Å². The van der Waals surface area contributed by atoms with E-state index in [-0.39, 0.29) is 35.5 Å². The fourth-order valence-corrected chi connectivity index (χ4v) is 4.97. The number of fused-ring (bicyclic) bond motifs is 1. The van der Waals surface area contributed by atoms with Gasteiger partial charge in [-0.15, -0.1) is 0 Å². The van der Waals surface area contributed by atoms with Gasteiger partial charge in [-0.25, -0.2) is 17.5 Å². The minimum Gasteiger partial charge on any atom is -0.490 e. The Bertz CT molecular complexity index is 1080. The molecule has 1 saturated heterocycles. The molecule has 4 rings (SSSR count). The first-order chi connectivity index (χ1) is 15.9. The van der Waals surface area contributed by atoms with Crippen molar-refractivity contribution in [1.82, 2.24) is 10.0 Å². The third-order valence-corrected chi connectivity index (χ3v) is 7.20. The molecule has 10 heteroatoms. The van der Waals surface area contributed by atoms with Gasteiger partial charge in [0.25, 0.3) is 0 Å². The molecule has 2 aromatic rings. The Kier molecular flexibility index (Phi) is 7.34. The number of anilines is 1. The first kappa shape index (κ1) is 23.3. The maximum Gasteiger partial charge on any atom is 0.240 e. The van der Waals surface area contributed by atoms with Crippen LogP contribution in [0.1, 0.15) is 19.3 Å². The van der Waals surface area contributed by atoms with Crippen molar-refractivity contribution >= 4 is 21.6 Å². The Hall–Kier alpha value is -2.85. The van der Waals surface area contributed by atoms with Crippen molar-refractivity contribution < 1.29 is 27.1 Å². The van der Waals surface area contributed by atoms with E-state index >= 15 is 0 Å². The Morgan fingerprint density at radius 1 is 1.09 bits per heavy atom. The molecule has 1 amide bonds. The second-order valence-corrected chi connectivity index (χ2v) is 9.95. The summed E-state index contributed by atoms with van der Waals surface area (Å²) in [5.74, 6) is 0.742. The number of nitrogens with zero attached hydrogens (tertiary/aromatic N) is 1. The van der Waals surface area contributed by atoms with Gasteiger partial charge in [0, 0.05) is 50.8 Å². The Balaban J connectivity index is 1.20. The van der Waals surface area contributed by atoms with Crippen LogP contribution in [0.4, 0.5) is 10.1 Å². The van der Waals surface area contributed by atoms with Crippen LogP contribution in [0.3, 0.4) is 0 Å². The highest BCUT2D eigenvalue weighted by Crippen LogP contribution is 2.31. The van der Waals surface area contributed by atoms with Gasteiger partial charge in [-0.3, -0.25) is 4.79 Å². The van der Waals surface area contributed by atoms with Crippen LogP contribution in [0.25, 0.3) is 0 Å². The predicted molar refractivity (Wildman–Crippen MR) is 122 cm³/mol. The van der Waals surface area contributed by atoms with Gasteiger partial charge >= 0.3 is 0 Å². The summed E-state index contributed by atoms with van der Waals surface area (Å²) in [5, 5.41) is 2.88. The quantitative estimate of drug-likeness (QED) is 0.606. The largest absolute Gasteiger partial charge is 0.490 e. The number of hydrogen-bond acceptors (Lipinski definition) is 6. The molecular weight excluding hydrogens is 449 g/mol. The smallest absolute Gasteiger partial charge is 0.240 e. The molecule has 0 spiro atoms. The van der Waals surface area contributed by atoms with Crippen molar-refractivity contribution in [3.05, 3.63) is 48.3 Å². The van der Waals surface area contributed by atoms with E-state index in [1.807, 2.05) is 0 Å². The molecule has 1 fully saturated rings. The van der Waals surface area contributed by atoms with Gasteiger partial charge in [-0.05, 0) is 48.7 Å². The number of amides is 1. The van der Waals surface area contributed by atoms with Crippen LogP contribution in [0.15, 0.2) is 47.4 Å². The molecule has 8 nitrogen and oxygen atoms in total. The summed E-state index contributed by atoms with van der Waals surface area (Å²) in [6.07, 6.45) is 1.70. The molecule has 0 aromatic heterocycles. The highest BCUT2D eigenvalue weighted by Gasteiger charge is 2.23. The Labute approximate surface area is 193 Å². The minimum absolute atomic E-state index is 0.00498. The summed E-state index contributed by atoms with van der Waals surface area (Å²) >= 11 is 0. The Morgan fingerprint density at radius 2 is 1.85 bits per heavy atom. The lowest BCUT2D eigenvalue weighted by Gasteiger charge is -2.18. The number of nitrogens with one attached hydrogen (secondary N) is 2. The first-order valence-corrected chi connectivity index (χ1v) is 12.6. The monoisotopic (exact) mass is 477 g/mol. The lowest BCUT2D eigenvalue weighted by Crippen LogP contribution is -2.34. The van der Waals surface area contributed by atoms with E-state index in [1.54, 1.807) is 18.2 Å². The molecule has 0 radical (unpaired) electrons. The van der Waals surface area contributed by atoms with E-state index in [0.717, 1.165) is 31.6 Å². The highest BCUT2D eigenvalue weighted by molar-refractivity contribution is 7.89. The molecule has 1 unspecified atom stereocenters. The van der Waals surface area contributed by atoms with Crippen LogP contribution >= 0.6 is 0 Å². The van der Waals surface area contributed by atoms with Crippen LogP contribution in [0.2, 0.25) is 0 Å². The van der Waals surface area contributed by atoms with Crippen molar-refractivity contribution in [2.75, 3.05) is 44.3 Å². The van der Waals surface area contributed by atoms with Gasteiger partial charge < -0.3 is 19.7 Å². The molecule has 0 saturated carbocycles. The molecule has 1 atom stereocenters. The van der Waals surface area contributed by atoms with Crippen molar-refractivity contribution in [2.45, 2.75) is 24.2 Å². The Morgan fingerprint density at radius 3 is 2.64 bits per heavy atom. The predicted octanol–water partition coefficient (Wildman–Crippen LogP) is 2.30. The molecule has 2 aliphatic rings. The highest BCUT2D eigenvalue weighted by atomic mass is 32.2. The maximum atomic E-state index is 13.1. The van der Waals surface area contributed by atoms with E-state index in [4.69, 9.17) is 9.47 Å². The molecule has 2 aromatic carbocycles. The van der Waals surface area contributed by atoms with Crippen molar-refractivity contribution in [1.29, 1.82) is 0 Å². The number of halogens is 1. The summed E-state index contributed by atoms with van der Waals surface area (Å²) in [6, 6.07) is 10.9. The molecule has 0 bridgehead atoms. The summed E-state index contributed by atoms with van der Waals surface area (Å²) < 4.78 is 51.8. The zero-order valence-corrected chi connectivity index (χ0v) is 19.1. The van der Waals surface area contributed by atoms with Gasteiger partial charge in [0.05, 0.1) is 18.1 Å². The molecule has 178 valence electrons. The van der Waals surface area contributed by atoms with Gasteiger partial charge in [0.1, 0.15) is 5.82 Å². The standard InChI is InChI=1S/C23H28FN3O5S/c24-18-2-4-19(5-3-18)27-11-9-17(16-27)15-25-23(28)8-10-26-33(29,30)20-6-7-21-22(14-20)32-13-1-12-31-21/h2-7,14,17,26H,1,8-13,15-16H2,(H,25,28). The topological polar surface area (TPSA) is 97.0 Å². The van der Waals surface area contributed by atoms with E-state index in [0.29, 0.717) is 31.3 Å². The number of sulfonamides is 1. The first-order valence-electron chi connectivity index (χ1n) is 11.1. The minimum atomic E-state index is -3.77.